The first-order valence-corrected chi connectivity index (χ1v) is 14.3. The Labute approximate surface area is 241 Å². The Morgan fingerprint density at radius 2 is 1.69 bits per heavy atom. The maximum Gasteiger partial charge on any atom is 0.278 e. The number of benzene rings is 3. The zero-order chi connectivity index (χ0) is 28.6. The zero-order valence-electron chi connectivity index (χ0n) is 22.7. The van der Waals surface area contributed by atoms with E-state index in [1.165, 1.54) is 12.1 Å². The summed E-state index contributed by atoms with van der Waals surface area (Å²) in [5.74, 6) is -2.08. The molecule has 0 bridgehead atoms. The minimum Gasteiger partial charge on any atom is -0.482 e. The third-order valence-electron chi connectivity index (χ3n) is 9.27. The smallest absolute Gasteiger partial charge is 0.278 e. The van der Waals surface area contributed by atoms with Crippen LogP contribution in [0.5, 0.6) is 5.75 Å². The van der Waals surface area contributed by atoms with Crippen molar-refractivity contribution in [2.24, 2.45) is 0 Å². The fourth-order valence-electron chi connectivity index (χ4n) is 7.08. The summed E-state index contributed by atoms with van der Waals surface area (Å²) in [4.78, 5) is 29.3. The van der Waals surface area contributed by atoms with Crippen LogP contribution in [0, 0.1) is 11.6 Å². The van der Waals surface area contributed by atoms with Gasteiger partial charge in [0.2, 0.25) is 5.43 Å². The third kappa shape index (κ3) is 3.35. The van der Waals surface area contributed by atoms with Gasteiger partial charge in [0.05, 0.1) is 0 Å². The summed E-state index contributed by atoms with van der Waals surface area (Å²) in [7, 11) is 0. The number of hydrogen-bond donors (Lipinski definition) is 0. The average Bonchev–Trinajstić information content (AvgIpc) is 3.47. The molecule has 3 aromatic carbocycles. The first-order chi connectivity index (χ1) is 20.5. The number of carbonyl (C=O) groups is 1. The lowest BCUT2D eigenvalue weighted by Crippen LogP contribution is -2.64. The Balaban J connectivity index is 1.37. The van der Waals surface area contributed by atoms with E-state index in [1.54, 1.807) is 23.0 Å². The number of fused-ring (bicyclic) bond motifs is 6. The molecule has 0 radical (unpaired) electrons. The SMILES string of the molecule is O=C1c2c(OCc3ccccc3)c(=O)ccn2N(C23C(=Cc4c2ccc(F)c4F)Cc2ccccc23)CN1C1CCC1. The van der Waals surface area contributed by atoms with Crippen LogP contribution in [-0.4, -0.2) is 28.2 Å². The molecule has 8 rings (SSSR count). The number of carbonyl (C=O) groups excluding carboxylic acids is 1. The third-order valence-corrected chi connectivity index (χ3v) is 9.27. The Kier molecular flexibility index (Phi) is 5.45. The van der Waals surface area contributed by atoms with Gasteiger partial charge >= 0.3 is 0 Å². The standard InChI is InChI=1S/C34H27F2N3O3/c35-28-14-13-27-25(30(28)36)18-23-17-22-9-4-5-12-26(22)34(23,27)39-20-37(24-10-6-11-24)33(41)31-32(29(40)15-16-38(31)39)42-19-21-7-2-1-3-8-21/h1-5,7-9,12-16,18,24H,6,10-11,17,19-20H2. The Hall–Kier alpha value is -4.72. The van der Waals surface area contributed by atoms with Crippen LogP contribution in [0.1, 0.15) is 57.6 Å². The molecular formula is C34H27F2N3O3. The highest BCUT2D eigenvalue weighted by molar-refractivity contribution is 5.97. The average molecular weight is 564 g/mol. The molecule has 1 aliphatic heterocycles. The second kappa shape index (κ2) is 9.14. The maximum absolute atomic E-state index is 15.4. The van der Waals surface area contributed by atoms with E-state index < -0.39 is 17.2 Å². The van der Waals surface area contributed by atoms with Crippen molar-refractivity contribution in [1.29, 1.82) is 0 Å². The van der Waals surface area contributed by atoms with Crippen molar-refractivity contribution in [1.82, 2.24) is 9.58 Å². The molecular weight excluding hydrogens is 536 g/mol. The summed E-state index contributed by atoms with van der Waals surface area (Å²) in [5, 5.41) is 2.04. The lowest BCUT2D eigenvalue weighted by molar-refractivity contribution is 0.0461. The molecule has 1 saturated carbocycles. The van der Waals surface area contributed by atoms with Gasteiger partial charge in [-0.2, -0.15) is 0 Å². The molecule has 2 heterocycles. The van der Waals surface area contributed by atoms with Gasteiger partial charge in [-0.1, -0.05) is 60.7 Å². The molecule has 0 saturated heterocycles. The maximum atomic E-state index is 15.4. The van der Waals surface area contributed by atoms with Crippen molar-refractivity contribution in [2.45, 2.75) is 43.9 Å². The number of ether oxygens (including phenoxy) is 1. The summed E-state index contributed by atoms with van der Waals surface area (Å²) in [6.45, 7) is 0.331. The van der Waals surface area contributed by atoms with Crippen LogP contribution in [0.4, 0.5) is 8.78 Å². The Morgan fingerprint density at radius 1 is 0.905 bits per heavy atom. The summed E-state index contributed by atoms with van der Waals surface area (Å²) in [6, 6.07) is 21.7. The molecule has 8 heteroatoms. The van der Waals surface area contributed by atoms with Crippen molar-refractivity contribution >= 4 is 12.0 Å². The molecule has 42 heavy (non-hydrogen) atoms. The molecule has 1 atom stereocenters. The van der Waals surface area contributed by atoms with Gasteiger partial charge in [-0.15, -0.1) is 0 Å². The monoisotopic (exact) mass is 563 g/mol. The van der Waals surface area contributed by atoms with E-state index in [9.17, 15) is 14.0 Å². The van der Waals surface area contributed by atoms with Gasteiger partial charge in [-0.05, 0) is 65.7 Å². The second-order valence-electron chi connectivity index (χ2n) is 11.4. The normalized spacial score (nSPS) is 20.4. The fourth-order valence-corrected chi connectivity index (χ4v) is 7.08. The van der Waals surface area contributed by atoms with Gasteiger partial charge in [0, 0.05) is 23.9 Å². The highest BCUT2D eigenvalue weighted by Crippen LogP contribution is 2.56. The van der Waals surface area contributed by atoms with Crippen molar-refractivity contribution in [3.8, 4) is 5.75 Å². The van der Waals surface area contributed by atoms with Gasteiger partial charge in [0.1, 0.15) is 18.8 Å². The number of aromatic nitrogens is 1. The number of halogens is 2. The van der Waals surface area contributed by atoms with E-state index in [2.05, 4.69) is 6.07 Å². The summed E-state index contributed by atoms with van der Waals surface area (Å²) >= 11 is 0. The number of hydrogen-bond acceptors (Lipinski definition) is 4. The van der Waals surface area contributed by atoms with E-state index >= 15 is 4.39 Å². The molecule has 4 aromatic rings. The van der Waals surface area contributed by atoms with Crippen molar-refractivity contribution in [3.63, 3.8) is 0 Å². The van der Waals surface area contributed by atoms with E-state index in [-0.39, 0.29) is 47.7 Å². The van der Waals surface area contributed by atoms with Crippen LogP contribution < -0.4 is 15.2 Å². The lowest BCUT2D eigenvalue weighted by atomic mass is 9.82. The molecule has 1 aromatic heterocycles. The van der Waals surface area contributed by atoms with Crippen LogP contribution in [0.15, 0.2) is 89.4 Å². The van der Waals surface area contributed by atoms with Crippen molar-refractivity contribution in [2.75, 3.05) is 11.7 Å². The van der Waals surface area contributed by atoms with Crippen LogP contribution >= 0.6 is 0 Å². The highest BCUT2D eigenvalue weighted by atomic mass is 19.2. The molecule has 0 N–H and O–H groups in total. The minimum atomic E-state index is -1.01. The molecule has 0 spiro atoms. The molecule has 1 amide bonds. The van der Waals surface area contributed by atoms with Crippen LogP contribution in [-0.2, 0) is 18.6 Å². The Morgan fingerprint density at radius 3 is 2.48 bits per heavy atom. The highest BCUT2D eigenvalue weighted by Gasteiger charge is 2.56. The fraction of sp³-hybridized carbons (Fsp3) is 0.235. The van der Waals surface area contributed by atoms with Crippen LogP contribution in [0.2, 0.25) is 0 Å². The largest absolute Gasteiger partial charge is 0.482 e. The summed E-state index contributed by atoms with van der Waals surface area (Å²) in [5.41, 5.74) is 3.36. The predicted molar refractivity (Wildman–Crippen MR) is 154 cm³/mol. The van der Waals surface area contributed by atoms with Gasteiger partial charge in [-0.25, -0.2) is 8.78 Å². The summed E-state index contributed by atoms with van der Waals surface area (Å²) in [6.07, 6.45) is 6.65. The van der Waals surface area contributed by atoms with Gasteiger partial charge in [-0.3, -0.25) is 19.3 Å². The topological polar surface area (TPSA) is 54.8 Å². The van der Waals surface area contributed by atoms with E-state index in [1.807, 2.05) is 58.4 Å². The molecule has 3 aliphatic carbocycles. The van der Waals surface area contributed by atoms with Crippen molar-refractivity contribution < 1.29 is 18.3 Å². The first kappa shape index (κ1) is 25.0. The number of pyridine rings is 1. The first-order valence-electron chi connectivity index (χ1n) is 14.3. The zero-order valence-corrected chi connectivity index (χ0v) is 22.7. The van der Waals surface area contributed by atoms with Crippen LogP contribution in [0.3, 0.4) is 0 Å². The number of amides is 1. The molecule has 210 valence electrons. The second-order valence-corrected chi connectivity index (χ2v) is 11.4. The Bertz CT molecular complexity index is 1860. The number of rotatable bonds is 5. The van der Waals surface area contributed by atoms with Crippen LogP contribution in [0.25, 0.3) is 6.08 Å². The number of nitrogens with zero attached hydrogens (tertiary/aromatic N) is 3. The van der Waals surface area contributed by atoms with Gasteiger partial charge in [0.15, 0.2) is 23.1 Å². The van der Waals surface area contributed by atoms with E-state index in [0.717, 1.165) is 41.5 Å². The molecule has 1 fully saturated rings. The van der Waals surface area contributed by atoms with E-state index in [0.29, 0.717) is 12.0 Å². The van der Waals surface area contributed by atoms with Gasteiger partial charge < -0.3 is 9.64 Å². The predicted octanol–water partition coefficient (Wildman–Crippen LogP) is 5.51. The quantitative estimate of drug-likeness (QED) is 0.322. The minimum absolute atomic E-state index is 0.0114. The van der Waals surface area contributed by atoms with Gasteiger partial charge in [0.25, 0.3) is 5.91 Å². The molecule has 4 aliphatic rings. The molecule has 1 unspecified atom stereocenters. The van der Waals surface area contributed by atoms with E-state index in [4.69, 9.17) is 4.74 Å². The lowest BCUT2D eigenvalue weighted by Gasteiger charge is -2.52. The van der Waals surface area contributed by atoms with Crippen molar-refractivity contribution in [3.05, 3.63) is 140 Å². The summed E-state index contributed by atoms with van der Waals surface area (Å²) < 4.78 is 37.7. The molecule has 6 nitrogen and oxygen atoms in total.